The quantitative estimate of drug-likeness (QED) is 0.815. The summed E-state index contributed by atoms with van der Waals surface area (Å²) >= 11 is 0. The molecule has 0 radical (unpaired) electrons. The fourth-order valence-corrected chi connectivity index (χ4v) is 1.73. The van der Waals surface area contributed by atoms with Crippen LogP contribution in [0.25, 0.3) is 0 Å². The van der Waals surface area contributed by atoms with E-state index in [-0.39, 0.29) is 19.0 Å². The molecule has 112 valence electrons. The van der Waals surface area contributed by atoms with Crippen molar-refractivity contribution in [3.05, 3.63) is 53.6 Å². The Hall–Kier alpha value is -2.31. The van der Waals surface area contributed by atoms with Crippen molar-refractivity contribution in [2.24, 2.45) is 0 Å². The van der Waals surface area contributed by atoms with Crippen LogP contribution in [-0.4, -0.2) is 15.5 Å². The highest BCUT2D eigenvalue weighted by Gasteiger charge is 2.34. The average molecular weight is 298 g/mol. The molecule has 0 atom stereocenters. The first-order valence-electron chi connectivity index (χ1n) is 6.17. The minimum Gasteiger partial charge on any atom is -0.459 e. The summed E-state index contributed by atoms with van der Waals surface area (Å²) < 4.78 is 43.6. The summed E-state index contributed by atoms with van der Waals surface area (Å²) in [6.45, 7) is 1.18. The van der Waals surface area contributed by atoms with E-state index in [1.165, 1.54) is 6.92 Å². The molecule has 0 bridgehead atoms. The maximum absolute atomic E-state index is 12.5. The molecule has 2 aromatic rings. The number of alkyl halides is 3. The average Bonchev–Trinajstić information content (AvgIpc) is 2.79. The number of halogens is 3. The van der Waals surface area contributed by atoms with Gasteiger partial charge in [-0.2, -0.15) is 13.2 Å². The summed E-state index contributed by atoms with van der Waals surface area (Å²) in [6.07, 6.45) is -3.72. The van der Waals surface area contributed by atoms with Crippen LogP contribution in [0.3, 0.4) is 0 Å². The Morgan fingerprint density at radius 1 is 1.29 bits per heavy atom. The molecule has 0 N–H and O–H groups in total. The summed E-state index contributed by atoms with van der Waals surface area (Å²) in [5, 5.41) is 0. The normalized spacial score (nSPS) is 11.4. The first kappa shape index (κ1) is 15.1. The zero-order valence-electron chi connectivity index (χ0n) is 11.2. The van der Waals surface area contributed by atoms with E-state index in [1.807, 2.05) is 6.07 Å². The summed E-state index contributed by atoms with van der Waals surface area (Å²) in [6, 6.07) is 9.02. The molecule has 1 heterocycles. The number of imidazole rings is 1. The van der Waals surface area contributed by atoms with Crippen molar-refractivity contribution in [3.63, 3.8) is 0 Å². The van der Waals surface area contributed by atoms with E-state index in [0.717, 1.165) is 16.3 Å². The van der Waals surface area contributed by atoms with Crippen molar-refractivity contribution in [2.45, 2.75) is 26.3 Å². The number of nitrogens with zero attached hydrogens (tertiary/aromatic N) is 2. The molecule has 7 heteroatoms. The zero-order valence-corrected chi connectivity index (χ0v) is 11.2. The van der Waals surface area contributed by atoms with Crippen LogP contribution >= 0.6 is 0 Å². The number of carbonyl (C=O) groups is 1. The van der Waals surface area contributed by atoms with Crippen molar-refractivity contribution in [2.75, 3.05) is 0 Å². The van der Waals surface area contributed by atoms with Crippen LogP contribution in [0.15, 0.2) is 36.5 Å². The van der Waals surface area contributed by atoms with Crippen LogP contribution in [0, 0.1) is 6.92 Å². The van der Waals surface area contributed by atoms with Gasteiger partial charge in [0.05, 0.1) is 0 Å². The van der Waals surface area contributed by atoms with Gasteiger partial charge in [-0.05, 0) is 12.5 Å². The Bertz CT molecular complexity index is 621. The Kier molecular flexibility index (Phi) is 4.30. The number of aryl methyl sites for hydroxylation is 1. The third-order valence-electron chi connectivity index (χ3n) is 2.81. The van der Waals surface area contributed by atoms with E-state index in [2.05, 4.69) is 4.98 Å². The van der Waals surface area contributed by atoms with Gasteiger partial charge in [0.2, 0.25) is 0 Å². The van der Waals surface area contributed by atoms with Crippen LogP contribution in [0.5, 0.6) is 0 Å². The lowest BCUT2D eigenvalue weighted by atomic mass is 10.2. The fraction of sp³-hybridized carbons (Fsp3) is 0.286. The summed E-state index contributed by atoms with van der Waals surface area (Å²) in [7, 11) is 0. The number of hydrogen-bond donors (Lipinski definition) is 0. The van der Waals surface area contributed by atoms with Gasteiger partial charge in [-0.25, -0.2) is 4.98 Å². The molecule has 0 aliphatic rings. The molecular formula is C14H13F3N2O2. The van der Waals surface area contributed by atoms with Crippen molar-refractivity contribution >= 4 is 5.97 Å². The largest absolute Gasteiger partial charge is 0.459 e. The van der Waals surface area contributed by atoms with Crippen molar-refractivity contribution in [1.29, 1.82) is 0 Å². The summed E-state index contributed by atoms with van der Waals surface area (Å²) in [5.74, 6) is -0.507. The molecule has 0 saturated carbocycles. The van der Waals surface area contributed by atoms with E-state index in [1.54, 1.807) is 24.3 Å². The van der Waals surface area contributed by atoms with Gasteiger partial charge in [0.25, 0.3) is 0 Å². The van der Waals surface area contributed by atoms with E-state index in [4.69, 9.17) is 4.74 Å². The van der Waals surface area contributed by atoms with Crippen LogP contribution in [0.1, 0.15) is 17.1 Å². The molecular weight excluding hydrogens is 285 g/mol. The van der Waals surface area contributed by atoms with Gasteiger partial charge in [0, 0.05) is 6.20 Å². The maximum atomic E-state index is 12.5. The molecule has 0 spiro atoms. The topological polar surface area (TPSA) is 44.1 Å². The van der Waals surface area contributed by atoms with E-state index in [9.17, 15) is 18.0 Å². The van der Waals surface area contributed by atoms with Crippen molar-refractivity contribution < 1.29 is 22.7 Å². The number of rotatable bonds is 4. The third-order valence-corrected chi connectivity index (χ3v) is 2.81. The van der Waals surface area contributed by atoms with E-state index >= 15 is 0 Å². The van der Waals surface area contributed by atoms with Crippen molar-refractivity contribution in [1.82, 2.24) is 9.55 Å². The monoisotopic (exact) mass is 298 g/mol. The molecule has 1 aromatic carbocycles. The van der Waals surface area contributed by atoms with Gasteiger partial charge in [-0.3, -0.25) is 4.79 Å². The number of carbonyl (C=O) groups excluding carboxylic acids is 1. The molecule has 2 rings (SSSR count). The second kappa shape index (κ2) is 5.99. The highest BCUT2D eigenvalue weighted by molar-refractivity contribution is 5.69. The Morgan fingerprint density at radius 2 is 1.95 bits per heavy atom. The Labute approximate surface area is 119 Å². The fourth-order valence-electron chi connectivity index (χ4n) is 1.73. The highest BCUT2D eigenvalue weighted by Crippen LogP contribution is 2.28. The predicted octanol–water partition coefficient (Wildman–Crippen LogP) is 2.95. The minimum atomic E-state index is -4.52. The Balaban J connectivity index is 1.95. The number of esters is 1. The summed E-state index contributed by atoms with van der Waals surface area (Å²) in [4.78, 5) is 15.0. The lowest BCUT2D eigenvalue weighted by Gasteiger charge is -2.06. The van der Waals surface area contributed by atoms with E-state index in [0.29, 0.717) is 0 Å². The minimum absolute atomic E-state index is 0.0829. The molecule has 0 saturated heterocycles. The Morgan fingerprint density at radius 3 is 2.52 bits per heavy atom. The maximum Gasteiger partial charge on any atom is 0.434 e. The highest BCUT2D eigenvalue weighted by atomic mass is 19.4. The van der Waals surface area contributed by atoms with Crippen LogP contribution in [0.2, 0.25) is 0 Å². The van der Waals surface area contributed by atoms with Crippen LogP contribution in [0.4, 0.5) is 13.2 Å². The van der Waals surface area contributed by atoms with Gasteiger partial charge in [-0.1, -0.05) is 30.3 Å². The molecule has 1 aromatic heterocycles. The van der Waals surface area contributed by atoms with Crippen molar-refractivity contribution in [3.8, 4) is 0 Å². The van der Waals surface area contributed by atoms with Gasteiger partial charge in [0.15, 0.2) is 5.69 Å². The smallest absolute Gasteiger partial charge is 0.434 e. The molecule has 0 unspecified atom stereocenters. The number of ether oxygens (including phenoxy) is 1. The molecule has 0 aliphatic carbocycles. The van der Waals surface area contributed by atoms with E-state index < -0.39 is 17.8 Å². The molecule has 21 heavy (non-hydrogen) atoms. The molecule has 0 aliphatic heterocycles. The van der Waals surface area contributed by atoms with Gasteiger partial charge in [0.1, 0.15) is 19.0 Å². The molecule has 0 amide bonds. The van der Waals surface area contributed by atoms with Crippen LogP contribution < -0.4 is 0 Å². The lowest BCUT2D eigenvalue weighted by molar-refractivity contribution is -0.146. The van der Waals surface area contributed by atoms with Crippen LogP contribution in [-0.2, 0) is 28.9 Å². The second-order valence-corrected chi connectivity index (χ2v) is 4.45. The third kappa shape index (κ3) is 4.08. The lowest BCUT2D eigenvalue weighted by Crippen LogP contribution is -2.14. The first-order valence-corrected chi connectivity index (χ1v) is 6.17. The molecule has 4 nitrogen and oxygen atoms in total. The number of hydrogen-bond acceptors (Lipinski definition) is 3. The number of aromatic nitrogens is 2. The van der Waals surface area contributed by atoms with Gasteiger partial charge >= 0.3 is 12.1 Å². The SMILES string of the molecule is Cc1nc(C(F)(F)F)cn1CC(=O)OCc1ccccc1. The van der Waals surface area contributed by atoms with Gasteiger partial charge in [-0.15, -0.1) is 0 Å². The standard InChI is InChI=1S/C14H13F3N2O2/c1-10-18-12(14(15,16)17)7-19(10)8-13(20)21-9-11-5-3-2-4-6-11/h2-7H,8-9H2,1H3. The first-order chi connectivity index (χ1) is 9.86. The predicted molar refractivity (Wildman–Crippen MR) is 68.2 cm³/mol. The second-order valence-electron chi connectivity index (χ2n) is 4.45. The van der Waals surface area contributed by atoms with Gasteiger partial charge < -0.3 is 9.30 Å². The number of benzene rings is 1. The summed E-state index contributed by atoms with van der Waals surface area (Å²) in [5.41, 5.74) is -0.208. The molecule has 0 fully saturated rings. The zero-order chi connectivity index (χ0) is 15.5.